The Morgan fingerprint density at radius 1 is 1.35 bits per heavy atom. The number of pyridine rings is 1. The molecule has 20 heavy (non-hydrogen) atoms. The number of anilines is 1. The van der Waals surface area contributed by atoms with Crippen molar-refractivity contribution < 1.29 is 10.2 Å². The zero-order chi connectivity index (χ0) is 14.2. The monoisotopic (exact) mass is 276 g/mol. The molecule has 1 aliphatic carbocycles. The molecular formula is C16H24N2O2. The summed E-state index contributed by atoms with van der Waals surface area (Å²) >= 11 is 0. The van der Waals surface area contributed by atoms with Crippen LogP contribution in [0.4, 0.5) is 5.82 Å². The molecule has 0 radical (unpaired) electrons. The number of fused-ring (bicyclic) bond motifs is 1. The summed E-state index contributed by atoms with van der Waals surface area (Å²) in [5.74, 6) is 1.31. The van der Waals surface area contributed by atoms with E-state index < -0.39 is 5.60 Å². The minimum Gasteiger partial charge on any atom is -0.392 e. The van der Waals surface area contributed by atoms with Crippen LogP contribution in [0, 0.1) is 12.8 Å². The smallest absolute Gasteiger partial charge is 0.129 e. The van der Waals surface area contributed by atoms with E-state index in [1.807, 2.05) is 19.1 Å². The van der Waals surface area contributed by atoms with Crippen molar-refractivity contribution in [2.24, 2.45) is 5.92 Å². The summed E-state index contributed by atoms with van der Waals surface area (Å²) in [4.78, 5) is 6.87. The lowest BCUT2D eigenvalue weighted by molar-refractivity contribution is -0.0613. The Labute approximate surface area is 120 Å². The average molecular weight is 276 g/mol. The maximum Gasteiger partial charge on any atom is 0.129 e. The van der Waals surface area contributed by atoms with Crippen molar-refractivity contribution in [2.75, 3.05) is 18.0 Å². The van der Waals surface area contributed by atoms with Crippen molar-refractivity contribution in [3.63, 3.8) is 0 Å². The standard InChI is InChI=1S/C16H24N2O2/c1-12-8-13(11-19)9-15(17-12)18-7-6-16(20)5-3-2-4-14(16)10-18/h8-9,14,19-20H,2-7,10-11H2,1H3. The first-order chi connectivity index (χ1) is 9.60. The second-order valence-corrected chi connectivity index (χ2v) is 6.38. The van der Waals surface area contributed by atoms with E-state index in [2.05, 4.69) is 9.88 Å². The van der Waals surface area contributed by atoms with Crippen LogP contribution in [0.15, 0.2) is 12.1 Å². The SMILES string of the molecule is Cc1cc(CO)cc(N2CCC3(O)CCCCC3C2)n1. The molecule has 4 heteroatoms. The first-order valence-corrected chi connectivity index (χ1v) is 7.66. The second-order valence-electron chi connectivity index (χ2n) is 6.38. The molecule has 4 nitrogen and oxygen atoms in total. The van der Waals surface area contributed by atoms with Gasteiger partial charge in [-0.05, 0) is 43.9 Å². The Bertz CT molecular complexity index is 491. The highest BCUT2D eigenvalue weighted by molar-refractivity contribution is 5.43. The molecule has 0 bridgehead atoms. The molecule has 2 aliphatic rings. The van der Waals surface area contributed by atoms with Crippen LogP contribution in [0.3, 0.4) is 0 Å². The van der Waals surface area contributed by atoms with E-state index in [9.17, 15) is 10.2 Å². The van der Waals surface area contributed by atoms with E-state index in [1.54, 1.807) is 0 Å². The molecule has 2 fully saturated rings. The number of aromatic nitrogens is 1. The highest BCUT2D eigenvalue weighted by atomic mass is 16.3. The van der Waals surface area contributed by atoms with E-state index in [0.29, 0.717) is 5.92 Å². The summed E-state index contributed by atoms with van der Waals surface area (Å²) in [7, 11) is 0. The molecule has 1 aliphatic heterocycles. The Morgan fingerprint density at radius 2 is 2.20 bits per heavy atom. The van der Waals surface area contributed by atoms with Crippen LogP contribution in [0.5, 0.6) is 0 Å². The normalized spacial score (nSPS) is 30.1. The van der Waals surface area contributed by atoms with Gasteiger partial charge in [0.15, 0.2) is 0 Å². The fourth-order valence-electron chi connectivity index (χ4n) is 3.75. The molecule has 1 saturated carbocycles. The van der Waals surface area contributed by atoms with Gasteiger partial charge in [0.25, 0.3) is 0 Å². The van der Waals surface area contributed by atoms with Crippen molar-refractivity contribution in [3.05, 3.63) is 23.4 Å². The van der Waals surface area contributed by atoms with Crippen molar-refractivity contribution in [3.8, 4) is 0 Å². The van der Waals surface area contributed by atoms with Gasteiger partial charge in [0.2, 0.25) is 0 Å². The van der Waals surface area contributed by atoms with E-state index in [0.717, 1.165) is 55.8 Å². The average Bonchev–Trinajstić information content (AvgIpc) is 2.45. The van der Waals surface area contributed by atoms with Crippen molar-refractivity contribution in [1.29, 1.82) is 0 Å². The lowest BCUT2D eigenvalue weighted by Gasteiger charge is -2.47. The van der Waals surface area contributed by atoms with E-state index in [1.165, 1.54) is 6.42 Å². The van der Waals surface area contributed by atoms with Gasteiger partial charge in [-0.3, -0.25) is 0 Å². The molecule has 110 valence electrons. The number of nitrogens with zero attached hydrogens (tertiary/aromatic N) is 2. The van der Waals surface area contributed by atoms with Crippen LogP contribution < -0.4 is 4.90 Å². The fraction of sp³-hybridized carbons (Fsp3) is 0.688. The number of aliphatic hydroxyl groups excluding tert-OH is 1. The van der Waals surface area contributed by atoms with E-state index in [-0.39, 0.29) is 6.61 Å². The predicted octanol–water partition coefficient (Wildman–Crippen LogP) is 2.01. The number of aryl methyl sites for hydroxylation is 1. The molecule has 1 saturated heterocycles. The second kappa shape index (κ2) is 5.34. The molecule has 2 N–H and O–H groups in total. The third-order valence-electron chi connectivity index (χ3n) is 4.93. The maximum atomic E-state index is 10.7. The van der Waals surface area contributed by atoms with Crippen LogP contribution in [-0.4, -0.2) is 33.9 Å². The Morgan fingerprint density at radius 3 is 3.00 bits per heavy atom. The van der Waals surface area contributed by atoms with Crippen LogP contribution >= 0.6 is 0 Å². The van der Waals surface area contributed by atoms with Crippen LogP contribution in [0.1, 0.15) is 43.4 Å². The van der Waals surface area contributed by atoms with E-state index >= 15 is 0 Å². The summed E-state index contributed by atoms with van der Waals surface area (Å²) < 4.78 is 0. The molecule has 1 aromatic rings. The molecule has 3 rings (SSSR count). The van der Waals surface area contributed by atoms with Crippen LogP contribution in [0.2, 0.25) is 0 Å². The molecule has 0 spiro atoms. The van der Waals surface area contributed by atoms with Crippen molar-refractivity contribution in [2.45, 2.75) is 51.2 Å². The largest absolute Gasteiger partial charge is 0.392 e. The quantitative estimate of drug-likeness (QED) is 0.867. The van der Waals surface area contributed by atoms with Crippen LogP contribution in [0.25, 0.3) is 0 Å². The van der Waals surface area contributed by atoms with Gasteiger partial charge in [0.1, 0.15) is 5.82 Å². The van der Waals surface area contributed by atoms with Gasteiger partial charge in [-0.1, -0.05) is 12.8 Å². The van der Waals surface area contributed by atoms with Crippen LogP contribution in [-0.2, 0) is 6.61 Å². The number of aliphatic hydroxyl groups is 2. The molecule has 0 aromatic carbocycles. The summed E-state index contributed by atoms with van der Waals surface area (Å²) in [5.41, 5.74) is 1.41. The Kier molecular flexibility index (Phi) is 3.69. The van der Waals surface area contributed by atoms with Crippen molar-refractivity contribution in [1.82, 2.24) is 4.98 Å². The van der Waals surface area contributed by atoms with Crippen molar-refractivity contribution >= 4 is 5.82 Å². The highest BCUT2D eigenvalue weighted by Crippen LogP contribution is 2.40. The molecular weight excluding hydrogens is 252 g/mol. The third-order valence-corrected chi connectivity index (χ3v) is 4.93. The van der Waals surface area contributed by atoms with Gasteiger partial charge in [0.05, 0.1) is 12.2 Å². The predicted molar refractivity (Wildman–Crippen MR) is 78.6 cm³/mol. The zero-order valence-corrected chi connectivity index (χ0v) is 12.2. The highest BCUT2D eigenvalue weighted by Gasteiger charge is 2.42. The van der Waals surface area contributed by atoms with E-state index in [4.69, 9.17) is 0 Å². The van der Waals surface area contributed by atoms with Gasteiger partial charge in [-0.25, -0.2) is 4.98 Å². The third kappa shape index (κ3) is 2.54. The molecule has 2 heterocycles. The molecule has 2 atom stereocenters. The lowest BCUT2D eigenvalue weighted by atomic mass is 9.71. The maximum absolute atomic E-state index is 10.7. The van der Waals surface area contributed by atoms with Gasteiger partial charge < -0.3 is 15.1 Å². The number of hydrogen-bond acceptors (Lipinski definition) is 4. The number of hydrogen-bond donors (Lipinski definition) is 2. The lowest BCUT2D eigenvalue weighted by Crippen LogP contribution is -2.53. The first kappa shape index (κ1) is 13.8. The van der Waals surface area contributed by atoms with Gasteiger partial charge in [0, 0.05) is 24.7 Å². The summed E-state index contributed by atoms with van der Waals surface area (Å²) in [6.45, 7) is 3.76. The topological polar surface area (TPSA) is 56.6 Å². The fourth-order valence-corrected chi connectivity index (χ4v) is 3.75. The summed E-state index contributed by atoms with van der Waals surface area (Å²) in [6.07, 6.45) is 5.29. The minimum atomic E-state index is -0.446. The Hall–Kier alpha value is -1.13. The zero-order valence-electron chi connectivity index (χ0n) is 12.2. The summed E-state index contributed by atoms with van der Waals surface area (Å²) in [6, 6.07) is 3.89. The van der Waals surface area contributed by atoms with Gasteiger partial charge >= 0.3 is 0 Å². The van der Waals surface area contributed by atoms with Gasteiger partial charge in [-0.2, -0.15) is 0 Å². The minimum absolute atomic E-state index is 0.0531. The molecule has 1 aromatic heterocycles. The number of piperidine rings is 1. The van der Waals surface area contributed by atoms with Gasteiger partial charge in [-0.15, -0.1) is 0 Å². The summed E-state index contributed by atoms with van der Waals surface area (Å²) in [5, 5.41) is 20.1. The molecule has 2 unspecified atom stereocenters. The number of rotatable bonds is 2. The first-order valence-electron chi connectivity index (χ1n) is 7.66. The Balaban J connectivity index is 1.80. The molecule has 0 amide bonds.